The first-order valence-electron chi connectivity index (χ1n) is 7.99. The number of anilines is 2. The van der Waals surface area contributed by atoms with E-state index in [1.165, 1.54) is 18.6 Å². The van der Waals surface area contributed by atoms with Crippen LogP contribution in [0.4, 0.5) is 11.5 Å². The van der Waals surface area contributed by atoms with Crippen molar-refractivity contribution in [1.82, 2.24) is 4.98 Å². The Morgan fingerprint density at radius 2 is 2.12 bits per heavy atom. The molecule has 0 radical (unpaired) electrons. The Hall–Kier alpha value is -3.61. The van der Waals surface area contributed by atoms with Crippen molar-refractivity contribution < 1.29 is 4.79 Å². The number of nitrogen functional groups attached to an aromatic ring is 1. The van der Waals surface area contributed by atoms with Crippen LogP contribution >= 0.6 is 0 Å². The van der Waals surface area contributed by atoms with Gasteiger partial charge < -0.3 is 22.5 Å². The molecule has 0 saturated heterocycles. The smallest absolute Gasteiger partial charge is 0.217 e. The van der Waals surface area contributed by atoms with Gasteiger partial charge in [-0.15, -0.1) is 0 Å². The van der Waals surface area contributed by atoms with Crippen LogP contribution in [0.5, 0.6) is 0 Å². The standard InChI is InChI=1S/C19H22N6O/c1-13(12-23-8-7-20)24-19-11-16(21)10-17(25-19)15-4-2-3-14(9-15)5-6-18(22)26/h2-4,7-12H,1,5-6,20H2,(H2,22,26)(H3,21,24,25)/b8-7-,23-12-. The molecule has 0 unspecified atom stereocenters. The number of aryl methyl sites for hydroxylation is 1. The second-order valence-electron chi connectivity index (χ2n) is 5.61. The second-order valence-corrected chi connectivity index (χ2v) is 5.61. The third kappa shape index (κ3) is 5.79. The third-order valence-electron chi connectivity index (χ3n) is 3.42. The van der Waals surface area contributed by atoms with E-state index < -0.39 is 0 Å². The topological polar surface area (TPSA) is 132 Å². The quantitative estimate of drug-likeness (QED) is 0.542. The van der Waals surface area contributed by atoms with Crippen LogP contribution in [0.3, 0.4) is 0 Å². The minimum absolute atomic E-state index is 0.303. The summed E-state index contributed by atoms with van der Waals surface area (Å²) in [5, 5.41) is 3.04. The van der Waals surface area contributed by atoms with Crippen LogP contribution in [0.2, 0.25) is 0 Å². The van der Waals surface area contributed by atoms with Crippen LogP contribution in [0.1, 0.15) is 12.0 Å². The summed E-state index contributed by atoms with van der Waals surface area (Å²) >= 11 is 0. The summed E-state index contributed by atoms with van der Waals surface area (Å²) in [5.74, 6) is 0.226. The number of aromatic nitrogens is 1. The molecule has 0 spiro atoms. The number of aliphatic imine (C=N–C) groups is 1. The first-order valence-corrected chi connectivity index (χ1v) is 7.99. The van der Waals surface area contributed by atoms with Crippen molar-refractivity contribution in [2.45, 2.75) is 12.8 Å². The van der Waals surface area contributed by atoms with Crippen LogP contribution < -0.4 is 22.5 Å². The van der Waals surface area contributed by atoms with E-state index in [0.717, 1.165) is 11.1 Å². The molecule has 0 aliphatic heterocycles. The van der Waals surface area contributed by atoms with Gasteiger partial charge in [-0.25, -0.2) is 4.98 Å². The van der Waals surface area contributed by atoms with Gasteiger partial charge in [-0.1, -0.05) is 24.8 Å². The number of nitrogens with two attached hydrogens (primary N) is 3. The van der Waals surface area contributed by atoms with E-state index >= 15 is 0 Å². The largest absolute Gasteiger partial charge is 0.403 e. The number of allylic oxidation sites excluding steroid dienone is 1. The molecule has 0 fully saturated rings. The highest BCUT2D eigenvalue weighted by atomic mass is 16.1. The molecule has 7 nitrogen and oxygen atoms in total. The minimum atomic E-state index is -0.325. The Morgan fingerprint density at radius 1 is 1.31 bits per heavy atom. The molecule has 1 aromatic heterocycles. The minimum Gasteiger partial charge on any atom is -0.403 e. The molecule has 7 heteroatoms. The average molecular weight is 350 g/mol. The van der Waals surface area contributed by atoms with Gasteiger partial charge in [0.05, 0.1) is 11.4 Å². The van der Waals surface area contributed by atoms with Crippen molar-refractivity contribution in [2.24, 2.45) is 16.5 Å². The molecule has 134 valence electrons. The lowest BCUT2D eigenvalue weighted by Gasteiger charge is -2.10. The summed E-state index contributed by atoms with van der Waals surface area (Å²) in [6, 6.07) is 11.2. The van der Waals surface area contributed by atoms with Gasteiger partial charge in [0, 0.05) is 42.4 Å². The number of carbonyl (C=O) groups is 1. The van der Waals surface area contributed by atoms with Crippen LogP contribution in [-0.4, -0.2) is 17.1 Å². The molecule has 2 aromatic rings. The van der Waals surface area contributed by atoms with Gasteiger partial charge in [0.1, 0.15) is 5.82 Å². The summed E-state index contributed by atoms with van der Waals surface area (Å²) in [4.78, 5) is 19.5. The Labute approximate surface area is 152 Å². The van der Waals surface area contributed by atoms with Crippen LogP contribution in [0.25, 0.3) is 11.3 Å². The molecule has 0 saturated carbocycles. The lowest BCUT2D eigenvalue weighted by Crippen LogP contribution is -2.11. The highest BCUT2D eigenvalue weighted by Gasteiger charge is 2.06. The fourth-order valence-electron chi connectivity index (χ4n) is 2.30. The van der Waals surface area contributed by atoms with E-state index in [0.29, 0.717) is 35.7 Å². The SMILES string of the molecule is C=C(/C=N\C=C/N)Nc1cc(N)cc(-c2cccc(CCC(N)=O)c2)n1. The van der Waals surface area contributed by atoms with Gasteiger partial charge in [-0.3, -0.25) is 9.79 Å². The molecule has 0 bridgehead atoms. The Bertz CT molecular complexity index is 857. The number of primary amides is 1. The van der Waals surface area contributed by atoms with Gasteiger partial charge in [0.15, 0.2) is 0 Å². The van der Waals surface area contributed by atoms with Crippen molar-refractivity contribution in [3.05, 3.63) is 66.6 Å². The molecule has 0 aliphatic carbocycles. The number of rotatable bonds is 8. The zero-order chi connectivity index (χ0) is 18.9. The second kappa shape index (κ2) is 9.03. The number of hydrogen-bond acceptors (Lipinski definition) is 6. The predicted molar refractivity (Wildman–Crippen MR) is 106 cm³/mol. The normalized spacial score (nSPS) is 11.1. The first-order chi connectivity index (χ1) is 12.5. The maximum absolute atomic E-state index is 11.0. The van der Waals surface area contributed by atoms with E-state index in [9.17, 15) is 4.79 Å². The van der Waals surface area contributed by atoms with E-state index in [2.05, 4.69) is 21.9 Å². The Morgan fingerprint density at radius 3 is 2.85 bits per heavy atom. The zero-order valence-corrected chi connectivity index (χ0v) is 14.4. The first kappa shape index (κ1) is 18.7. The van der Waals surface area contributed by atoms with Crippen molar-refractivity contribution in [1.29, 1.82) is 0 Å². The van der Waals surface area contributed by atoms with Crippen LogP contribution in [-0.2, 0) is 11.2 Å². The summed E-state index contributed by atoms with van der Waals surface area (Å²) < 4.78 is 0. The number of hydrogen-bond donors (Lipinski definition) is 4. The molecule has 1 amide bonds. The number of carbonyl (C=O) groups excluding carboxylic acids is 1. The van der Waals surface area contributed by atoms with E-state index in [1.807, 2.05) is 24.3 Å². The molecular weight excluding hydrogens is 328 g/mol. The lowest BCUT2D eigenvalue weighted by atomic mass is 10.0. The molecule has 2 rings (SSSR count). The molecular formula is C19H22N6O. The predicted octanol–water partition coefficient (Wildman–Crippen LogP) is 2.17. The maximum atomic E-state index is 11.0. The van der Waals surface area contributed by atoms with Crippen molar-refractivity contribution in [3.8, 4) is 11.3 Å². The number of nitrogens with one attached hydrogen (secondary N) is 1. The molecule has 26 heavy (non-hydrogen) atoms. The summed E-state index contributed by atoms with van der Waals surface area (Å²) in [6.07, 6.45) is 5.18. The Kier molecular flexibility index (Phi) is 6.50. The third-order valence-corrected chi connectivity index (χ3v) is 3.42. The van der Waals surface area contributed by atoms with Crippen molar-refractivity contribution in [3.63, 3.8) is 0 Å². The van der Waals surface area contributed by atoms with E-state index in [4.69, 9.17) is 17.2 Å². The van der Waals surface area contributed by atoms with E-state index in [-0.39, 0.29) is 5.91 Å². The van der Waals surface area contributed by atoms with Crippen molar-refractivity contribution in [2.75, 3.05) is 11.1 Å². The Balaban J connectivity index is 2.22. The van der Waals surface area contributed by atoms with Crippen LogP contribution in [0, 0.1) is 0 Å². The van der Waals surface area contributed by atoms with Gasteiger partial charge >= 0.3 is 0 Å². The van der Waals surface area contributed by atoms with Gasteiger partial charge in [0.2, 0.25) is 5.91 Å². The van der Waals surface area contributed by atoms with Gasteiger partial charge in [0.25, 0.3) is 0 Å². The summed E-state index contributed by atoms with van der Waals surface area (Å²) in [7, 11) is 0. The lowest BCUT2D eigenvalue weighted by molar-refractivity contribution is -0.117. The number of benzene rings is 1. The molecule has 7 N–H and O–H groups in total. The molecule has 0 aliphatic rings. The van der Waals surface area contributed by atoms with Crippen LogP contribution in [0.15, 0.2) is 66.1 Å². The zero-order valence-electron chi connectivity index (χ0n) is 14.4. The summed E-state index contributed by atoms with van der Waals surface area (Å²) in [5.41, 5.74) is 20.1. The maximum Gasteiger partial charge on any atom is 0.217 e. The number of nitrogens with zero attached hydrogens (tertiary/aromatic N) is 2. The molecule has 0 atom stereocenters. The highest BCUT2D eigenvalue weighted by Crippen LogP contribution is 2.24. The summed E-state index contributed by atoms with van der Waals surface area (Å²) in [6.45, 7) is 3.85. The fraction of sp³-hybridized carbons (Fsp3) is 0.105. The van der Waals surface area contributed by atoms with Gasteiger partial charge in [-0.2, -0.15) is 0 Å². The number of pyridine rings is 1. The van der Waals surface area contributed by atoms with Gasteiger partial charge in [-0.05, 0) is 24.1 Å². The number of amides is 1. The fourth-order valence-corrected chi connectivity index (χ4v) is 2.30. The van der Waals surface area contributed by atoms with E-state index in [1.54, 1.807) is 12.1 Å². The monoisotopic (exact) mass is 350 g/mol. The highest BCUT2D eigenvalue weighted by molar-refractivity contribution is 5.82. The molecule has 1 heterocycles. The van der Waals surface area contributed by atoms with Crippen molar-refractivity contribution >= 4 is 23.6 Å². The molecule has 1 aromatic carbocycles. The average Bonchev–Trinajstić information content (AvgIpc) is 2.60.